The van der Waals surface area contributed by atoms with E-state index in [-0.39, 0.29) is 0 Å². The number of hydrogen-bond donors (Lipinski definition) is 2. The molecule has 0 amide bonds. The van der Waals surface area contributed by atoms with Gasteiger partial charge in [-0.2, -0.15) is 0 Å². The van der Waals surface area contributed by atoms with Gasteiger partial charge in [-0.05, 0) is 44.3 Å². The number of nitrogens with zero attached hydrogens (tertiary/aromatic N) is 2. The Morgan fingerprint density at radius 1 is 1.56 bits per heavy atom. The number of carbonyl (C=O) groups is 1. The van der Waals surface area contributed by atoms with Crippen LogP contribution in [0, 0.1) is 0 Å². The maximum absolute atomic E-state index is 11.1. The van der Waals surface area contributed by atoms with E-state index in [1.165, 1.54) is 0 Å². The molecular weight excluding hydrogens is 230 g/mol. The second-order valence-electron chi connectivity index (χ2n) is 4.96. The van der Waals surface area contributed by atoms with Crippen LogP contribution >= 0.6 is 0 Å². The first kappa shape index (κ1) is 12.7. The highest BCUT2D eigenvalue weighted by Gasteiger charge is 2.35. The summed E-state index contributed by atoms with van der Waals surface area (Å²) in [6.07, 6.45) is 0.709. The van der Waals surface area contributed by atoms with Crippen molar-refractivity contribution >= 4 is 17.3 Å². The van der Waals surface area contributed by atoms with Gasteiger partial charge in [-0.25, -0.2) is 4.79 Å². The highest BCUT2D eigenvalue weighted by Crippen LogP contribution is 2.31. The maximum atomic E-state index is 11.1. The fourth-order valence-electron chi connectivity index (χ4n) is 2.29. The first-order valence-electron chi connectivity index (χ1n) is 6.01. The Morgan fingerprint density at radius 2 is 2.28 bits per heavy atom. The van der Waals surface area contributed by atoms with E-state index in [1.54, 1.807) is 0 Å². The first-order valence-corrected chi connectivity index (χ1v) is 6.01. The second kappa shape index (κ2) is 4.86. The number of carboxylic acids is 1. The highest BCUT2D eigenvalue weighted by atomic mass is 16.4. The van der Waals surface area contributed by atoms with Gasteiger partial charge < -0.3 is 20.6 Å². The Balaban J connectivity index is 2.29. The molecule has 1 aliphatic rings. The van der Waals surface area contributed by atoms with E-state index < -0.39 is 12.0 Å². The van der Waals surface area contributed by atoms with Crippen LogP contribution in [0.5, 0.6) is 0 Å². The Labute approximate surface area is 107 Å². The van der Waals surface area contributed by atoms with Gasteiger partial charge in [-0.1, -0.05) is 0 Å². The molecule has 3 N–H and O–H groups in total. The lowest BCUT2D eigenvalue weighted by atomic mass is 9.99. The van der Waals surface area contributed by atoms with Crippen molar-refractivity contribution in [2.75, 3.05) is 31.3 Å². The van der Waals surface area contributed by atoms with Crippen molar-refractivity contribution in [2.24, 2.45) is 0 Å². The summed E-state index contributed by atoms with van der Waals surface area (Å²) >= 11 is 0. The molecule has 5 heteroatoms. The minimum atomic E-state index is -0.756. The number of hydrogen-bond acceptors (Lipinski definition) is 4. The highest BCUT2D eigenvalue weighted by molar-refractivity contribution is 5.81. The summed E-state index contributed by atoms with van der Waals surface area (Å²) in [5, 5.41) is 9.12. The first-order chi connectivity index (χ1) is 8.49. The number of anilines is 2. The molecule has 1 aromatic carbocycles. The van der Waals surface area contributed by atoms with Gasteiger partial charge in [0.05, 0.1) is 0 Å². The molecule has 98 valence electrons. The summed E-state index contributed by atoms with van der Waals surface area (Å²) in [5.74, 6) is -0.756. The zero-order valence-electron chi connectivity index (χ0n) is 10.8. The van der Waals surface area contributed by atoms with Gasteiger partial charge in [0.25, 0.3) is 0 Å². The fraction of sp³-hybridized carbons (Fsp3) is 0.462. The van der Waals surface area contributed by atoms with Crippen LogP contribution in [0.3, 0.4) is 0 Å². The van der Waals surface area contributed by atoms with Crippen molar-refractivity contribution in [1.29, 1.82) is 0 Å². The quantitative estimate of drug-likeness (QED) is 0.779. The lowest BCUT2D eigenvalue weighted by molar-refractivity contribution is -0.139. The molecule has 1 saturated heterocycles. The summed E-state index contributed by atoms with van der Waals surface area (Å²) in [6.45, 7) is 1.55. The number of nitrogen functional groups attached to an aromatic ring is 1. The molecule has 2 rings (SSSR count). The smallest absolute Gasteiger partial charge is 0.326 e. The van der Waals surface area contributed by atoms with Crippen LogP contribution in [0.15, 0.2) is 18.2 Å². The molecule has 0 aromatic heterocycles. The Morgan fingerprint density at radius 3 is 2.78 bits per heavy atom. The second-order valence-corrected chi connectivity index (χ2v) is 4.96. The molecule has 1 aromatic rings. The molecule has 18 heavy (non-hydrogen) atoms. The van der Waals surface area contributed by atoms with Crippen molar-refractivity contribution < 1.29 is 9.90 Å². The van der Waals surface area contributed by atoms with E-state index in [4.69, 9.17) is 10.8 Å². The van der Waals surface area contributed by atoms with Gasteiger partial charge in [0.15, 0.2) is 0 Å². The van der Waals surface area contributed by atoms with Crippen LogP contribution < -0.4 is 10.6 Å². The van der Waals surface area contributed by atoms with Crippen LogP contribution in [-0.2, 0) is 11.3 Å². The lowest BCUT2D eigenvalue weighted by Gasteiger charge is -2.41. The molecule has 1 aliphatic heterocycles. The zero-order valence-corrected chi connectivity index (χ0v) is 10.8. The van der Waals surface area contributed by atoms with Crippen LogP contribution in [0.2, 0.25) is 0 Å². The molecule has 0 saturated carbocycles. The van der Waals surface area contributed by atoms with Crippen molar-refractivity contribution in [3.63, 3.8) is 0 Å². The van der Waals surface area contributed by atoms with E-state index in [2.05, 4.69) is 0 Å². The topological polar surface area (TPSA) is 69.8 Å². The average Bonchev–Trinajstić information content (AvgIpc) is 2.18. The van der Waals surface area contributed by atoms with E-state index in [1.807, 2.05) is 42.1 Å². The third-order valence-electron chi connectivity index (χ3n) is 3.20. The maximum Gasteiger partial charge on any atom is 0.326 e. The number of rotatable bonds is 4. The van der Waals surface area contributed by atoms with Gasteiger partial charge in [-0.3, -0.25) is 0 Å². The Hall–Kier alpha value is -1.75. The minimum Gasteiger partial charge on any atom is -0.480 e. The number of aliphatic carboxylic acids is 1. The van der Waals surface area contributed by atoms with Gasteiger partial charge in [0, 0.05) is 24.5 Å². The van der Waals surface area contributed by atoms with Crippen LogP contribution in [0.1, 0.15) is 12.0 Å². The third-order valence-corrected chi connectivity index (χ3v) is 3.20. The summed E-state index contributed by atoms with van der Waals surface area (Å²) in [4.78, 5) is 15.1. The molecule has 1 atom stereocenters. The van der Waals surface area contributed by atoms with E-state index >= 15 is 0 Å². The molecular formula is C13H19N3O2. The number of carboxylic acid groups (broad SMARTS) is 1. The SMILES string of the molecule is CN(C)Cc1cc(N)ccc1N1CCC1C(=O)O. The molecule has 1 fully saturated rings. The van der Waals surface area contributed by atoms with Crippen LogP contribution in [0.25, 0.3) is 0 Å². The predicted molar refractivity (Wildman–Crippen MR) is 71.6 cm³/mol. The average molecular weight is 249 g/mol. The van der Waals surface area contributed by atoms with E-state index in [0.29, 0.717) is 12.1 Å². The normalized spacial score (nSPS) is 18.8. The summed E-state index contributed by atoms with van der Waals surface area (Å²) in [6, 6.07) is 5.27. The summed E-state index contributed by atoms with van der Waals surface area (Å²) in [7, 11) is 3.97. The van der Waals surface area contributed by atoms with E-state index in [9.17, 15) is 4.79 Å². The zero-order chi connectivity index (χ0) is 13.3. The summed E-state index contributed by atoms with van der Waals surface area (Å²) < 4.78 is 0. The van der Waals surface area contributed by atoms with E-state index in [0.717, 1.165) is 24.3 Å². The van der Waals surface area contributed by atoms with Crippen molar-refractivity contribution in [1.82, 2.24) is 4.90 Å². The predicted octanol–water partition coefficient (Wildman–Crippen LogP) is 0.994. The minimum absolute atomic E-state index is 0.394. The lowest BCUT2D eigenvalue weighted by Crippen LogP contribution is -2.53. The standard InChI is InChI=1S/C13H19N3O2/c1-15(2)8-9-7-10(14)3-4-11(9)16-6-5-12(16)13(17)18/h3-4,7,12H,5-6,8,14H2,1-2H3,(H,17,18). The molecule has 1 unspecified atom stereocenters. The molecule has 0 aliphatic carbocycles. The van der Waals surface area contributed by atoms with Crippen molar-refractivity contribution in [2.45, 2.75) is 19.0 Å². The van der Waals surface area contributed by atoms with Crippen molar-refractivity contribution in [3.8, 4) is 0 Å². The van der Waals surface area contributed by atoms with Crippen molar-refractivity contribution in [3.05, 3.63) is 23.8 Å². The molecule has 5 nitrogen and oxygen atoms in total. The largest absolute Gasteiger partial charge is 0.480 e. The van der Waals surface area contributed by atoms with Gasteiger partial charge in [-0.15, -0.1) is 0 Å². The Kier molecular flexibility index (Phi) is 3.43. The Bertz CT molecular complexity index is 460. The number of nitrogens with two attached hydrogens (primary N) is 1. The molecule has 1 heterocycles. The van der Waals surface area contributed by atoms with Gasteiger partial charge in [0.2, 0.25) is 0 Å². The molecule has 0 radical (unpaired) electrons. The third kappa shape index (κ3) is 2.41. The van der Waals surface area contributed by atoms with Gasteiger partial charge >= 0.3 is 5.97 Å². The summed E-state index contributed by atoms with van der Waals surface area (Å²) in [5.41, 5.74) is 8.57. The monoisotopic (exact) mass is 249 g/mol. The number of benzene rings is 1. The van der Waals surface area contributed by atoms with Gasteiger partial charge in [0.1, 0.15) is 6.04 Å². The fourth-order valence-corrected chi connectivity index (χ4v) is 2.29. The van der Waals surface area contributed by atoms with Crippen LogP contribution in [-0.4, -0.2) is 42.7 Å². The van der Waals surface area contributed by atoms with Crippen LogP contribution in [0.4, 0.5) is 11.4 Å². The molecule has 0 bridgehead atoms. The molecule has 0 spiro atoms.